The van der Waals surface area contributed by atoms with Crippen molar-refractivity contribution in [3.05, 3.63) is 23.9 Å². The van der Waals surface area contributed by atoms with E-state index in [1.165, 1.54) is 6.08 Å². The van der Waals surface area contributed by atoms with E-state index in [-0.39, 0.29) is 29.7 Å². The second-order valence-corrected chi connectivity index (χ2v) is 12.9. The second-order valence-electron chi connectivity index (χ2n) is 9.44. The maximum Gasteiger partial charge on any atom is 0.329 e. The highest BCUT2D eigenvalue weighted by atomic mass is 33.1. The smallest absolute Gasteiger partial charge is 0.329 e. The van der Waals surface area contributed by atoms with Gasteiger partial charge in [-0.15, -0.1) is 0 Å². The lowest BCUT2D eigenvalue weighted by atomic mass is 10.0. The van der Waals surface area contributed by atoms with Gasteiger partial charge < -0.3 is 26.0 Å². The summed E-state index contributed by atoms with van der Waals surface area (Å²) in [6.07, 6.45) is 3.91. The topological polar surface area (TPSA) is 163 Å². The van der Waals surface area contributed by atoms with E-state index in [2.05, 4.69) is 21.3 Å². The third kappa shape index (κ3) is 9.38. The molecule has 5 atom stereocenters. The van der Waals surface area contributed by atoms with Crippen molar-refractivity contribution in [2.45, 2.75) is 71.7 Å². The molecule has 2 bridgehead atoms. The van der Waals surface area contributed by atoms with Crippen LogP contribution in [0.4, 0.5) is 0 Å². The molecule has 4 amide bonds. The van der Waals surface area contributed by atoms with Gasteiger partial charge in [0.1, 0.15) is 40.7 Å². The van der Waals surface area contributed by atoms with Crippen LogP contribution in [0.15, 0.2) is 23.9 Å². The van der Waals surface area contributed by atoms with Crippen molar-refractivity contribution in [2.24, 2.45) is 11.8 Å². The van der Waals surface area contributed by atoms with Crippen molar-refractivity contribution in [2.75, 3.05) is 11.5 Å². The summed E-state index contributed by atoms with van der Waals surface area (Å²) in [6.45, 7) is 8.52. The Kier molecular flexibility index (Phi) is 12.0. The standard InChI is InChI=1S/C24H36N4O7S2/c1-6-16-21(30)28-20(14(4)5)24(33)35-15-9-7-8-10-37(34)36-12-17(22(31)25-16)26-23(32)19(13(2)3)27-18(29)11-15/h6-7,9,13-15,17,19-20,34H,8,10-12H2,1-5H3,(H3-,25,26,27,28,29,30,31,32)/p+1/b9-7+,16-6-/t15-,17-,19-,20+,37?/m1/s1. The van der Waals surface area contributed by atoms with Crippen molar-refractivity contribution in [3.8, 4) is 0 Å². The Labute approximate surface area is 223 Å². The fraction of sp³-hybridized carbons (Fsp3) is 0.625. The Hall–Kier alpha value is -2.51. The Morgan fingerprint density at radius 3 is 2.32 bits per heavy atom. The number of fused-ring (bicyclic) bond motifs is 7. The molecule has 0 aromatic carbocycles. The predicted molar refractivity (Wildman–Crippen MR) is 143 cm³/mol. The first-order chi connectivity index (χ1) is 17.4. The fourth-order valence-corrected chi connectivity index (χ4v) is 6.09. The maximum atomic E-state index is 13.2. The number of amides is 4. The lowest BCUT2D eigenvalue weighted by molar-refractivity contribution is -0.153. The minimum absolute atomic E-state index is 0.0388. The third-order valence-corrected chi connectivity index (χ3v) is 8.78. The van der Waals surface area contributed by atoms with E-state index in [1.54, 1.807) is 46.8 Å². The van der Waals surface area contributed by atoms with Crippen LogP contribution in [0.1, 0.15) is 47.5 Å². The molecule has 1 unspecified atom stereocenters. The van der Waals surface area contributed by atoms with Gasteiger partial charge in [-0.2, -0.15) is 4.55 Å². The minimum atomic E-state index is -1.13. The molecule has 0 radical (unpaired) electrons. The van der Waals surface area contributed by atoms with Gasteiger partial charge in [0.2, 0.25) is 27.9 Å². The quantitative estimate of drug-likeness (QED) is 0.109. The summed E-state index contributed by atoms with van der Waals surface area (Å²) < 4.78 is 16.1. The molecule has 0 saturated carbocycles. The summed E-state index contributed by atoms with van der Waals surface area (Å²) in [7, 11) is -0.0228. The molecule has 11 nitrogen and oxygen atoms in total. The third-order valence-electron chi connectivity index (χ3n) is 5.73. The van der Waals surface area contributed by atoms with Gasteiger partial charge in [-0.05, 0) is 24.8 Å². The molecule has 1 fully saturated rings. The zero-order valence-corrected chi connectivity index (χ0v) is 23.4. The number of esters is 1. The van der Waals surface area contributed by atoms with Crippen molar-refractivity contribution >= 4 is 50.6 Å². The Balaban J connectivity index is 2.59. The van der Waals surface area contributed by atoms with Crippen LogP contribution in [0.5, 0.6) is 0 Å². The number of hydrogen-bond donors (Lipinski definition) is 5. The molecule has 0 aliphatic carbocycles. The lowest BCUT2D eigenvalue weighted by Gasteiger charge is -2.27. The summed E-state index contributed by atoms with van der Waals surface area (Å²) in [5.41, 5.74) is -0.0998. The molecule has 206 valence electrons. The largest absolute Gasteiger partial charge is 0.456 e. The van der Waals surface area contributed by atoms with E-state index < -0.39 is 64.0 Å². The summed E-state index contributed by atoms with van der Waals surface area (Å²) in [4.78, 5) is 65.3. The molecule has 37 heavy (non-hydrogen) atoms. The lowest BCUT2D eigenvalue weighted by Crippen LogP contribution is -2.57. The highest BCUT2D eigenvalue weighted by Crippen LogP contribution is 2.18. The summed E-state index contributed by atoms with van der Waals surface area (Å²) >= 11 is 0. The van der Waals surface area contributed by atoms with Crippen LogP contribution >= 0.6 is 10.8 Å². The minimum Gasteiger partial charge on any atom is -0.456 e. The van der Waals surface area contributed by atoms with Gasteiger partial charge >= 0.3 is 5.97 Å². The van der Waals surface area contributed by atoms with Gasteiger partial charge in [-0.3, -0.25) is 19.2 Å². The first-order valence-corrected chi connectivity index (χ1v) is 15.1. The van der Waals surface area contributed by atoms with Crippen LogP contribution in [0.2, 0.25) is 0 Å². The van der Waals surface area contributed by atoms with Gasteiger partial charge in [0.25, 0.3) is 5.91 Å². The van der Waals surface area contributed by atoms with Crippen LogP contribution in [-0.2, 0) is 38.9 Å². The van der Waals surface area contributed by atoms with E-state index >= 15 is 0 Å². The molecule has 5 N–H and O–H groups in total. The first-order valence-electron chi connectivity index (χ1n) is 12.2. The number of ether oxygens (including phenoxy) is 1. The van der Waals surface area contributed by atoms with E-state index in [4.69, 9.17) is 4.74 Å². The van der Waals surface area contributed by atoms with E-state index in [0.717, 1.165) is 10.8 Å². The van der Waals surface area contributed by atoms with Crippen molar-refractivity contribution in [1.29, 1.82) is 0 Å². The van der Waals surface area contributed by atoms with Gasteiger partial charge in [0, 0.05) is 6.42 Å². The molecular formula is C24H37N4O7S2+. The Morgan fingerprint density at radius 1 is 1.03 bits per heavy atom. The number of allylic oxidation sites excluding steroid dienone is 2. The molecule has 13 heteroatoms. The SMILES string of the molecule is C/C=C1\NC(=O)[C@H]2CS[S+](O)CC/C=C/[C@H](CC(=O)N[C@H](C(C)C)C(=O)N2)OC(=O)[C@H](C(C)C)NC1=O. The number of carbonyl (C=O) groups excluding carboxylic acids is 5. The molecule has 2 aliphatic heterocycles. The van der Waals surface area contributed by atoms with Crippen LogP contribution in [0, 0.1) is 11.8 Å². The highest BCUT2D eigenvalue weighted by molar-refractivity contribution is 8.72. The predicted octanol–water partition coefficient (Wildman–Crippen LogP) is 0.788. The van der Waals surface area contributed by atoms with Gasteiger partial charge in [-0.25, -0.2) is 4.79 Å². The highest BCUT2D eigenvalue weighted by Gasteiger charge is 2.35. The summed E-state index contributed by atoms with van der Waals surface area (Å²) in [5, 5.41) is 10.5. The van der Waals surface area contributed by atoms with Crippen LogP contribution in [0.3, 0.4) is 0 Å². The zero-order chi connectivity index (χ0) is 27.7. The molecule has 2 heterocycles. The summed E-state index contributed by atoms with van der Waals surface area (Å²) in [6, 6.07) is -3.11. The number of rotatable bonds is 2. The van der Waals surface area contributed by atoms with Crippen molar-refractivity contribution in [1.82, 2.24) is 21.3 Å². The molecule has 0 aromatic rings. The molecule has 2 aliphatic rings. The fourth-order valence-electron chi connectivity index (χ4n) is 3.58. The molecule has 1 saturated heterocycles. The molecule has 0 spiro atoms. The number of nitrogens with one attached hydrogen (secondary N) is 4. The van der Waals surface area contributed by atoms with Crippen LogP contribution < -0.4 is 21.3 Å². The van der Waals surface area contributed by atoms with Gasteiger partial charge in [0.05, 0.1) is 12.2 Å². The van der Waals surface area contributed by atoms with E-state index in [0.29, 0.717) is 12.2 Å². The molecule has 0 aromatic heterocycles. The first kappa shape index (κ1) is 30.7. The average molecular weight is 558 g/mol. The van der Waals surface area contributed by atoms with Crippen LogP contribution in [-0.4, -0.2) is 69.9 Å². The molecule has 2 rings (SSSR count). The normalized spacial score (nSPS) is 31.2. The number of hydrogen-bond acceptors (Lipinski definition) is 8. The van der Waals surface area contributed by atoms with Crippen molar-refractivity contribution < 1.29 is 33.3 Å². The van der Waals surface area contributed by atoms with E-state index in [1.807, 2.05) is 0 Å². The van der Waals surface area contributed by atoms with Gasteiger partial charge in [-0.1, -0.05) is 39.8 Å². The Morgan fingerprint density at radius 2 is 1.70 bits per heavy atom. The van der Waals surface area contributed by atoms with Gasteiger partial charge in [0.15, 0.2) is 5.75 Å². The monoisotopic (exact) mass is 557 g/mol. The summed E-state index contributed by atoms with van der Waals surface area (Å²) in [5.74, 6) is -3.48. The van der Waals surface area contributed by atoms with E-state index in [9.17, 15) is 28.5 Å². The molecular weight excluding hydrogens is 520 g/mol. The maximum absolute atomic E-state index is 13.2. The average Bonchev–Trinajstić information content (AvgIpc) is 2.82. The Bertz CT molecular complexity index is 938. The van der Waals surface area contributed by atoms with Crippen molar-refractivity contribution in [3.63, 3.8) is 0 Å². The second kappa shape index (κ2) is 14.4. The zero-order valence-electron chi connectivity index (χ0n) is 21.7. The van der Waals surface area contributed by atoms with Crippen LogP contribution in [0.25, 0.3) is 0 Å². The number of carbonyl (C=O) groups is 5.